The van der Waals surface area contributed by atoms with E-state index in [1.165, 1.54) is 11.3 Å². The van der Waals surface area contributed by atoms with Crippen LogP contribution in [0.2, 0.25) is 0 Å². The number of carbonyl (C=O) groups is 1. The van der Waals surface area contributed by atoms with Gasteiger partial charge in [0.15, 0.2) is 5.82 Å². The quantitative estimate of drug-likeness (QED) is 0.728. The largest absolute Gasteiger partial charge is 0.342 e. The molecule has 0 aliphatic rings. The Labute approximate surface area is 138 Å². The van der Waals surface area contributed by atoms with Gasteiger partial charge in [0.1, 0.15) is 11.9 Å². The molecule has 0 aliphatic carbocycles. The zero-order valence-corrected chi connectivity index (χ0v) is 13.5. The SMILES string of the molecule is Cc1nc([C@@H](NC(=O)CCc2cscn2)c2ccccc2)n[nH]1. The second-order valence-corrected chi connectivity index (χ2v) is 5.89. The molecule has 0 unspecified atom stereocenters. The van der Waals surface area contributed by atoms with Crippen LogP contribution in [0, 0.1) is 6.92 Å². The minimum atomic E-state index is -0.357. The lowest BCUT2D eigenvalue weighted by Gasteiger charge is -2.16. The van der Waals surface area contributed by atoms with Gasteiger partial charge in [-0.05, 0) is 18.9 Å². The fourth-order valence-corrected chi connectivity index (χ4v) is 2.86. The van der Waals surface area contributed by atoms with Crippen LogP contribution >= 0.6 is 11.3 Å². The van der Waals surface area contributed by atoms with E-state index >= 15 is 0 Å². The van der Waals surface area contributed by atoms with Crippen molar-refractivity contribution in [1.29, 1.82) is 0 Å². The van der Waals surface area contributed by atoms with E-state index < -0.39 is 0 Å². The number of rotatable bonds is 6. The third kappa shape index (κ3) is 4.01. The summed E-state index contributed by atoms with van der Waals surface area (Å²) in [5.74, 6) is 1.24. The molecule has 23 heavy (non-hydrogen) atoms. The summed E-state index contributed by atoms with van der Waals surface area (Å²) in [5, 5.41) is 12.0. The van der Waals surface area contributed by atoms with Gasteiger partial charge in [0.25, 0.3) is 0 Å². The van der Waals surface area contributed by atoms with Gasteiger partial charge in [-0.3, -0.25) is 9.89 Å². The predicted octanol–water partition coefficient (Wildman–Crippen LogP) is 2.41. The molecular weight excluding hydrogens is 310 g/mol. The van der Waals surface area contributed by atoms with Crippen molar-refractivity contribution in [1.82, 2.24) is 25.5 Å². The lowest BCUT2D eigenvalue weighted by molar-refractivity contribution is -0.121. The molecule has 3 aromatic rings. The molecule has 0 saturated heterocycles. The highest BCUT2D eigenvalue weighted by atomic mass is 32.1. The summed E-state index contributed by atoms with van der Waals surface area (Å²) in [6.45, 7) is 1.84. The van der Waals surface area contributed by atoms with Crippen LogP contribution in [-0.4, -0.2) is 26.1 Å². The van der Waals surface area contributed by atoms with Crippen LogP contribution in [0.3, 0.4) is 0 Å². The second kappa shape index (κ2) is 7.15. The number of thiazole rings is 1. The Morgan fingerprint density at radius 1 is 1.35 bits per heavy atom. The average Bonchev–Trinajstić information content (AvgIpc) is 3.23. The molecule has 2 N–H and O–H groups in total. The summed E-state index contributed by atoms with van der Waals surface area (Å²) in [6.07, 6.45) is 1.01. The molecule has 0 radical (unpaired) electrons. The van der Waals surface area contributed by atoms with Crippen molar-refractivity contribution in [3.05, 3.63) is 64.1 Å². The van der Waals surface area contributed by atoms with Crippen LogP contribution < -0.4 is 5.32 Å². The van der Waals surface area contributed by atoms with Gasteiger partial charge >= 0.3 is 0 Å². The number of hydrogen-bond acceptors (Lipinski definition) is 5. The minimum absolute atomic E-state index is 0.0469. The van der Waals surface area contributed by atoms with Crippen LogP contribution in [0.25, 0.3) is 0 Å². The maximum Gasteiger partial charge on any atom is 0.221 e. The lowest BCUT2D eigenvalue weighted by atomic mass is 10.1. The van der Waals surface area contributed by atoms with Crippen LogP contribution in [0.5, 0.6) is 0 Å². The Balaban J connectivity index is 1.72. The number of hydrogen-bond donors (Lipinski definition) is 2. The summed E-state index contributed by atoms with van der Waals surface area (Å²) in [4.78, 5) is 20.9. The highest BCUT2D eigenvalue weighted by molar-refractivity contribution is 7.07. The molecule has 1 atom stereocenters. The zero-order valence-electron chi connectivity index (χ0n) is 12.7. The summed E-state index contributed by atoms with van der Waals surface area (Å²) in [5.41, 5.74) is 3.67. The van der Waals surface area contributed by atoms with E-state index in [0.29, 0.717) is 18.7 Å². The second-order valence-electron chi connectivity index (χ2n) is 5.17. The number of aromatic nitrogens is 4. The monoisotopic (exact) mass is 327 g/mol. The van der Waals surface area contributed by atoms with Crippen molar-refractivity contribution in [2.75, 3.05) is 0 Å². The van der Waals surface area contributed by atoms with E-state index in [2.05, 4.69) is 25.5 Å². The molecule has 118 valence electrons. The maximum atomic E-state index is 12.3. The number of H-pyrrole nitrogens is 1. The first-order valence-electron chi connectivity index (χ1n) is 7.32. The van der Waals surface area contributed by atoms with Crippen LogP contribution in [0.15, 0.2) is 41.2 Å². The number of nitrogens with zero attached hydrogens (tertiary/aromatic N) is 3. The molecular formula is C16H17N5OS. The molecule has 2 heterocycles. The molecule has 7 heteroatoms. The summed E-state index contributed by atoms with van der Waals surface area (Å²) >= 11 is 1.53. The summed E-state index contributed by atoms with van der Waals surface area (Å²) in [6, 6.07) is 9.36. The lowest BCUT2D eigenvalue weighted by Crippen LogP contribution is -2.30. The molecule has 0 spiro atoms. The van der Waals surface area contributed by atoms with Crippen LogP contribution in [-0.2, 0) is 11.2 Å². The number of aryl methyl sites for hydroxylation is 2. The van der Waals surface area contributed by atoms with Crippen molar-refractivity contribution < 1.29 is 4.79 Å². The Morgan fingerprint density at radius 3 is 2.83 bits per heavy atom. The van der Waals surface area contributed by atoms with E-state index in [9.17, 15) is 4.79 Å². The molecule has 0 saturated carbocycles. The molecule has 3 rings (SSSR count). The van der Waals surface area contributed by atoms with Crippen LogP contribution in [0.4, 0.5) is 0 Å². The number of nitrogens with one attached hydrogen (secondary N) is 2. The van der Waals surface area contributed by atoms with Gasteiger partial charge in [-0.15, -0.1) is 11.3 Å². The first-order valence-corrected chi connectivity index (χ1v) is 8.27. The first-order chi connectivity index (χ1) is 11.2. The average molecular weight is 327 g/mol. The smallest absolute Gasteiger partial charge is 0.221 e. The molecule has 0 aliphatic heterocycles. The van der Waals surface area contributed by atoms with Crippen molar-refractivity contribution in [3.63, 3.8) is 0 Å². The Morgan fingerprint density at radius 2 is 2.17 bits per heavy atom. The Bertz CT molecular complexity index is 754. The topological polar surface area (TPSA) is 83.6 Å². The minimum Gasteiger partial charge on any atom is -0.342 e. The van der Waals surface area contributed by atoms with E-state index in [-0.39, 0.29) is 11.9 Å². The first kappa shape index (κ1) is 15.4. The van der Waals surface area contributed by atoms with E-state index in [4.69, 9.17) is 0 Å². The number of amides is 1. The van der Waals surface area contributed by atoms with Crippen molar-refractivity contribution in [2.24, 2.45) is 0 Å². The standard InChI is InChI=1S/C16H17N5OS/c1-11-18-16(21-20-11)15(12-5-3-2-4-6-12)19-14(22)8-7-13-9-23-10-17-13/h2-6,9-10,15H,7-8H2,1H3,(H,19,22)(H,18,20,21)/t15-/m0/s1. The van der Waals surface area contributed by atoms with Gasteiger partial charge in [0.2, 0.25) is 5.91 Å². The van der Waals surface area contributed by atoms with Gasteiger partial charge in [0.05, 0.1) is 11.2 Å². The molecule has 0 fully saturated rings. The normalized spacial score (nSPS) is 12.0. The molecule has 2 aromatic heterocycles. The Hall–Kier alpha value is -2.54. The van der Waals surface area contributed by atoms with Crippen LogP contribution in [0.1, 0.15) is 35.4 Å². The zero-order chi connectivity index (χ0) is 16.1. The predicted molar refractivity (Wildman–Crippen MR) is 88.0 cm³/mol. The number of aromatic amines is 1. The van der Waals surface area contributed by atoms with Crippen molar-refractivity contribution in [2.45, 2.75) is 25.8 Å². The van der Waals surface area contributed by atoms with Gasteiger partial charge in [-0.25, -0.2) is 9.97 Å². The highest BCUT2D eigenvalue weighted by Gasteiger charge is 2.20. The maximum absolute atomic E-state index is 12.3. The number of carbonyl (C=O) groups excluding carboxylic acids is 1. The van der Waals surface area contributed by atoms with E-state index in [1.54, 1.807) is 5.51 Å². The number of benzene rings is 1. The molecule has 0 bridgehead atoms. The highest BCUT2D eigenvalue weighted by Crippen LogP contribution is 2.19. The van der Waals surface area contributed by atoms with E-state index in [0.717, 1.165) is 17.1 Å². The fourth-order valence-electron chi connectivity index (χ4n) is 2.27. The van der Waals surface area contributed by atoms with Gasteiger partial charge in [-0.2, -0.15) is 5.10 Å². The van der Waals surface area contributed by atoms with Crippen molar-refractivity contribution in [3.8, 4) is 0 Å². The summed E-state index contributed by atoms with van der Waals surface area (Å²) < 4.78 is 0. The third-order valence-electron chi connectivity index (χ3n) is 3.40. The Kier molecular flexibility index (Phi) is 4.77. The molecule has 6 nitrogen and oxygen atoms in total. The van der Waals surface area contributed by atoms with Gasteiger partial charge < -0.3 is 5.32 Å². The molecule has 1 aromatic carbocycles. The van der Waals surface area contributed by atoms with E-state index in [1.807, 2.05) is 42.6 Å². The van der Waals surface area contributed by atoms with Crippen molar-refractivity contribution >= 4 is 17.2 Å². The van der Waals surface area contributed by atoms with Gasteiger partial charge in [0, 0.05) is 11.8 Å². The third-order valence-corrected chi connectivity index (χ3v) is 4.04. The van der Waals surface area contributed by atoms with Gasteiger partial charge in [-0.1, -0.05) is 30.3 Å². The molecule has 1 amide bonds. The fraction of sp³-hybridized carbons (Fsp3) is 0.250. The summed E-state index contributed by atoms with van der Waals surface area (Å²) in [7, 11) is 0.